The average molecular weight is 386 g/mol. The van der Waals surface area contributed by atoms with Gasteiger partial charge in [0.2, 0.25) is 0 Å². The van der Waals surface area contributed by atoms with Crippen LogP contribution in [0.4, 0.5) is 0 Å². The quantitative estimate of drug-likeness (QED) is 0.402. The van der Waals surface area contributed by atoms with E-state index in [0.717, 1.165) is 32.8 Å². The van der Waals surface area contributed by atoms with Crippen molar-refractivity contribution in [2.75, 3.05) is 0 Å². The van der Waals surface area contributed by atoms with Crippen LogP contribution in [-0.2, 0) is 5.75 Å². The number of pyridine rings is 1. The number of benzene rings is 2. The number of imidazole rings is 1. The van der Waals surface area contributed by atoms with Gasteiger partial charge in [0.15, 0.2) is 5.16 Å². The van der Waals surface area contributed by atoms with Crippen LogP contribution in [-0.4, -0.2) is 14.5 Å². The highest BCUT2D eigenvalue weighted by atomic mass is 35.5. The molecule has 25 heavy (non-hydrogen) atoms. The zero-order valence-electron chi connectivity index (χ0n) is 13.1. The van der Waals surface area contributed by atoms with Gasteiger partial charge in [-0.05, 0) is 48.0 Å². The number of thioether (sulfide) groups is 1. The maximum absolute atomic E-state index is 6.19. The molecule has 0 saturated carbocycles. The zero-order chi connectivity index (χ0) is 17.2. The van der Waals surface area contributed by atoms with Crippen LogP contribution >= 0.6 is 35.0 Å². The molecule has 4 rings (SSSR count). The molecular formula is C19H13Cl2N3S. The van der Waals surface area contributed by atoms with E-state index in [0.29, 0.717) is 5.02 Å². The van der Waals surface area contributed by atoms with Gasteiger partial charge in [0.1, 0.15) is 5.82 Å². The molecule has 0 fully saturated rings. The van der Waals surface area contributed by atoms with E-state index >= 15 is 0 Å². The summed E-state index contributed by atoms with van der Waals surface area (Å²) < 4.78 is 2.04. The Balaban J connectivity index is 1.76. The van der Waals surface area contributed by atoms with Gasteiger partial charge in [-0.25, -0.2) is 9.97 Å². The lowest BCUT2D eigenvalue weighted by Crippen LogP contribution is -1.99. The minimum Gasteiger partial charge on any atom is -0.271 e. The van der Waals surface area contributed by atoms with Crippen LogP contribution < -0.4 is 0 Å². The van der Waals surface area contributed by atoms with Gasteiger partial charge in [0.05, 0.1) is 11.0 Å². The Bertz CT molecular complexity index is 1010. The molecule has 0 unspecified atom stereocenters. The standard InChI is InChI=1S/C19H13Cl2N3S/c20-14-6-4-13(5-7-14)12-25-19-23-16-9-8-15(21)11-17(16)24(19)18-3-1-2-10-22-18/h1-11H,12H2. The van der Waals surface area contributed by atoms with Gasteiger partial charge >= 0.3 is 0 Å². The molecule has 0 aliphatic heterocycles. The number of hydrogen-bond donors (Lipinski definition) is 0. The third-order valence-electron chi connectivity index (χ3n) is 3.75. The van der Waals surface area contributed by atoms with Gasteiger partial charge in [-0.15, -0.1) is 0 Å². The van der Waals surface area contributed by atoms with Crippen LogP contribution in [0.15, 0.2) is 72.0 Å². The summed E-state index contributed by atoms with van der Waals surface area (Å²) in [6, 6.07) is 19.4. The average Bonchev–Trinajstić information content (AvgIpc) is 2.99. The number of hydrogen-bond acceptors (Lipinski definition) is 3. The molecule has 0 N–H and O–H groups in total. The van der Waals surface area contributed by atoms with Crippen LogP contribution in [0.3, 0.4) is 0 Å². The molecule has 3 nitrogen and oxygen atoms in total. The SMILES string of the molecule is Clc1ccc(CSc2nc3ccc(Cl)cc3n2-c2ccccn2)cc1. The van der Waals surface area contributed by atoms with Crippen molar-refractivity contribution < 1.29 is 0 Å². The summed E-state index contributed by atoms with van der Waals surface area (Å²) in [5.74, 6) is 1.62. The number of fused-ring (bicyclic) bond motifs is 1. The first-order valence-electron chi connectivity index (χ1n) is 7.67. The molecule has 0 atom stereocenters. The van der Waals surface area contributed by atoms with E-state index in [2.05, 4.69) is 4.98 Å². The molecule has 4 aromatic rings. The smallest absolute Gasteiger partial charge is 0.175 e. The Morgan fingerprint density at radius 1 is 0.920 bits per heavy atom. The van der Waals surface area contributed by atoms with Gasteiger partial charge in [-0.1, -0.05) is 53.2 Å². The maximum Gasteiger partial charge on any atom is 0.175 e. The van der Waals surface area contributed by atoms with E-state index in [1.165, 1.54) is 5.56 Å². The monoisotopic (exact) mass is 385 g/mol. The Labute approximate surface area is 159 Å². The van der Waals surface area contributed by atoms with Gasteiger partial charge < -0.3 is 0 Å². The highest BCUT2D eigenvalue weighted by Gasteiger charge is 2.14. The van der Waals surface area contributed by atoms with Gasteiger partial charge in [0.25, 0.3) is 0 Å². The van der Waals surface area contributed by atoms with E-state index in [9.17, 15) is 0 Å². The first kappa shape index (κ1) is 16.5. The molecule has 6 heteroatoms. The summed E-state index contributed by atoms with van der Waals surface area (Å²) >= 11 is 13.8. The topological polar surface area (TPSA) is 30.7 Å². The molecular weight excluding hydrogens is 373 g/mol. The van der Waals surface area contributed by atoms with Crippen molar-refractivity contribution in [3.8, 4) is 5.82 Å². The second-order valence-corrected chi connectivity index (χ2v) is 7.28. The summed E-state index contributed by atoms with van der Waals surface area (Å²) in [5.41, 5.74) is 3.03. The minimum atomic E-state index is 0.679. The summed E-state index contributed by atoms with van der Waals surface area (Å²) in [6.07, 6.45) is 1.78. The third kappa shape index (κ3) is 3.52. The van der Waals surface area contributed by atoms with E-state index < -0.39 is 0 Å². The second-order valence-electron chi connectivity index (χ2n) is 5.47. The van der Waals surface area contributed by atoms with Crippen molar-refractivity contribution in [3.63, 3.8) is 0 Å². The fourth-order valence-electron chi connectivity index (χ4n) is 2.56. The normalized spacial score (nSPS) is 11.1. The highest BCUT2D eigenvalue weighted by molar-refractivity contribution is 7.98. The molecule has 2 aromatic carbocycles. The molecule has 0 saturated heterocycles. The van der Waals surface area contributed by atoms with Crippen LogP contribution in [0, 0.1) is 0 Å². The Morgan fingerprint density at radius 3 is 2.48 bits per heavy atom. The van der Waals surface area contributed by atoms with Gasteiger partial charge in [-0.3, -0.25) is 4.57 Å². The van der Waals surface area contributed by atoms with E-state index in [4.69, 9.17) is 28.2 Å². The highest BCUT2D eigenvalue weighted by Crippen LogP contribution is 2.30. The van der Waals surface area contributed by atoms with E-state index in [-0.39, 0.29) is 0 Å². The molecule has 0 radical (unpaired) electrons. The number of rotatable bonds is 4. The molecule has 0 amide bonds. The van der Waals surface area contributed by atoms with Crippen LogP contribution in [0.1, 0.15) is 5.56 Å². The van der Waals surface area contributed by atoms with Crippen molar-refractivity contribution in [3.05, 3.63) is 82.5 Å². The van der Waals surface area contributed by atoms with Crippen LogP contribution in [0.25, 0.3) is 16.9 Å². The Kier molecular flexibility index (Phi) is 4.66. The fraction of sp³-hybridized carbons (Fsp3) is 0.0526. The van der Waals surface area contributed by atoms with Gasteiger partial charge in [-0.2, -0.15) is 0 Å². The fourth-order valence-corrected chi connectivity index (χ4v) is 3.82. The summed E-state index contributed by atoms with van der Waals surface area (Å²) in [6.45, 7) is 0. The number of nitrogens with zero attached hydrogens (tertiary/aromatic N) is 3. The Hall–Kier alpha value is -2.01. The molecule has 0 spiro atoms. The molecule has 0 bridgehead atoms. The third-order valence-corrected chi connectivity index (χ3v) is 5.24. The molecule has 0 aliphatic carbocycles. The number of aromatic nitrogens is 3. The largest absolute Gasteiger partial charge is 0.271 e. The molecule has 124 valence electrons. The molecule has 2 aromatic heterocycles. The lowest BCUT2D eigenvalue weighted by molar-refractivity contribution is 0.886. The van der Waals surface area contributed by atoms with Crippen LogP contribution in [0.2, 0.25) is 10.0 Å². The second kappa shape index (κ2) is 7.08. The van der Waals surface area contributed by atoms with Crippen molar-refractivity contribution in [2.45, 2.75) is 10.9 Å². The minimum absolute atomic E-state index is 0.679. The van der Waals surface area contributed by atoms with Crippen molar-refractivity contribution >= 4 is 46.0 Å². The molecule has 0 aliphatic rings. The van der Waals surface area contributed by atoms with Crippen LogP contribution in [0.5, 0.6) is 0 Å². The van der Waals surface area contributed by atoms with Crippen molar-refractivity contribution in [2.24, 2.45) is 0 Å². The zero-order valence-corrected chi connectivity index (χ0v) is 15.4. The predicted octanol–water partition coefficient (Wildman–Crippen LogP) is 6.02. The summed E-state index contributed by atoms with van der Waals surface area (Å²) in [7, 11) is 0. The van der Waals surface area contributed by atoms with E-state index in [1.807, 2.05) is 65.2 Å². The lowest BCUT2D eigenvalue weighted by Gasteiger charge is -2.08. The lowest BCUT2D eigenvalue weighted by atomic mass is 10.2. The predicted molar refractivity (Wildman–Crippen MR) is 105 cm³/mol. The number of halogens is 2. The first-order valence-corrected chi connectivity index (χ1v) is 9.41. The maximum atomic E-state index is 6.19. The van der Waals surface area contributed by atoms with Gasteiger partial charge in [0, 0.05) is 22.0 Å². The summed E-state index contributed by atoms with van der Waals surface area (Å²) in [4.78, 5) is 9.24. The van der Waals surface area contributed by atoms with E-state index in [1.54, 1.807) is 18.0 Å². The van der Waals surface area contributed by atoms with Crippen molar-refractivity contribution in [1.29, 1.82) is 0 Å². The van der Waals surface area contributed by atoms with Crippen molar-refractivity contribution in [1.82, 2.24) is 14.5 Å². The summed E-state index contributed by atoms with van der Waals surface area (Å²) in [5, 5.41) is 2.30. The first-order chi connectivity index (χ1) is 12.2. The molecule has 2 heterocycles. The Morgan fingerprint density at radius 2 is 1.72 bits per heavy atom.